The van der Waals surface area contributed by atoms with Crippen LogP contribution in [-0.4, -0.2) is 22.0 Å². The van der Waals surface area contributed by atoms with Gasteiger partial charge in [-0.15, -0.1) is 11.8 Å². The standard InChI is InChI=1S/C7H19ClN6S/c1-5(2)11-6(8,13-9)4-7(12-5,14-10)15-3/h11-14H,4,9-10H2,1-3H3. The molecule has 0 aromatic heterocycles. The van der Waals surface area contributed by atoms with Gasteiger partial charge in [-0.3, -0.25) is 22.3 Å². The molecule has 0 spiro atoms. The van der Waals surface area contributed by atoms with E-state index in [2.05, 4.69) is 21.5 Å². The SMILES string of the molecule is CSC1(NN)CC(Cl)(NN)NC(C)(C)N1. The number of hydrazine groups is 2. The summed E-state index contributed by atoms with van der Waals surface area (Å²) in [5.41, 5.74) is 4.92. The molecule has 6 nitrogen and oxygen atoms in total. The van der Waals surface area contributed by atoms with Crippen LogP contribution in [0.1, 0.15) is 20.3 Å². The van der Waals surface area contributed by atoms with E-state index < -0.39 is 10.1 Å². The Morgan fingerprint density at radius 3 is 2.27 bits per heavy atom. The quantitative estimate of drug-likeness (QED) is 0.128. The minimum Gasteiger partial charge on any atom is -0.272 e. The highest BCUT2D eigenvalue weighted by molar-refractivity contribution is 7.99. The van der Waals surface area contributed by atoms with Crippen molar-refractivity contribution < 1.29 is 0 Å². The monoisotopic (exact) mass is 254 g/mol. The molecule has 0 radical (unpaired) electrons. The van der Waals surface area contributed by atoms with E-state index in [0.29, 0.717) is 6.42 Å². The van der Waals surface area contributed by atoms with Gasteiger partial charge >= 0.3 is 0 Å². The maximum atomic E-state index is 6.29. The summed E-state index contributed by atoms with van der Waals surface area (Å²) in [7, 11) is 0. The van der Waals surface area contributed by atoms with Crippen LogP contribution in [0.25, 0.3) is 0 Å². The van der Waals surface area contributed by atoms with Gasteiger partial charge in [0.1, 0.15) is 4.99 Å². The molecule has 1 rings (SSSR count). The molecule has 1 aliphatic heterocycles. The van der Waals surface area contributed by atoms with Crippen LogP contribution in [0.5, 0.6) is 0 Å². The lowest BCUT2D eigenvalue weighted by Gasteiger charge is -2.52. The van der Waals surface area contributed by atoms with E-state index in [1.165, 1.54) is 0 Å². The van der Waals surface area contributed by atoms with Crippen molar-refractivity contribution in [3.63, 3.8) is 0 Å². The van der Waals surface area contributed by atoms with Crippen LogP contribution in [0.15, 0.2) is 0 Å². The molecule has 0 aromatic carbocycles. The fourth-order valence-electron chi connectivity index (χ4n) is 1.82. The van der Waals surface area contributed by atoms with E-state index in [1.807, 2.05) is 20.1 Å². The van der Waals surface area contributed by atoms with Crippen LogP contribution < -0.4 is 33.2 Å². The maximum absolute atomic E-state index is 6.29. The molecule has 0 aromatic rings. The Bertz CT molecular complexity index is 234. The van der Waals surface area contributed by atoms with Crippen LogP contribution in [0, 0.1) is 0 Å². The largest absolute Gasteiger partial charge is 0.272 e. The van der Waals surface area contributed by atoms with Gasteiger partial charge in [0.25, 0.3) is 0 Å². The summed E-state index contributed by atoms with van der Waals surface area (Å²) >= 11 is 7.84. The molecule has 15 heavy (non-hydrogen) atoms. The number of alkyl halides is 1. The molecule has 0 amide bonds. The molecular weight excluding hydrogens is 236 g/mol. The second kappa shape index (κ2) is 4.34. The average molecular weight is 255 g/mol. The molecule has 2 unspecified atom stereocenters. The van der Waals surface area contributed by atoms with E-state index >= 15 is 0 Å². The molecule has 0 saturated carbocycles. The van der Waals surface area contributed by atoms with Crippen molar-refractivity contribution in [3.8, 4) is 0 Å². The molecule has 1 fully saturated rings. The Kier molecular flexibility index (Phi) is 3.90. The first-order chi connectivity index (χ1) is 6.80. The first-order valence-corrected chi connectivity index (χ1v) is 6.19. The number of thioether (sulfide) groups is 1. The summed E-state index contributed by atoms with van der Waals surface area (Å²) in [5.74, 6) is 11.0. The summed E-state index contributed by atoms with van der Waals surface area (Å²) in [6.07, 6.45) is 2.43. The lowest BCUT2D eigenvalue weighted by atomic mass is 10.1. The number of hydrogen-bond acceptors (Lipinski definition) is 7. The molecule has 8 heteroatoms. The van der Waals surface area contributed by atoms with Crippen molar-refractivity contribution in [2.24, 2.45) is 11.7 Å². The minimum atomic E-state index is -0.885. The number of rotatable bonds is 3. The smallest absolute Gasteiger partial charge is 0.164 e. The van der Waals surface area contributed by atoms with Crippen molar-refractivity contribution in [2.45, 2.75) is 36.0 Å². The van der Waals surface area contributed by atoms with Crippen molar-refractivity contribution in [1.82, 2.24) is 21.5 Å². The van der Waals surface area contributed by atoms with Gasteiger partial charge in [0.15, 0.2) is 5.12 Å². The maximum Gasteiger partial charge on any atom is 0.164 e. The number of nitrogens with one attached hydrogen (secondary N) is 4. The molecule has 0 aliphatic carbocycles. The van der Waals surface area contributed by atoms with Gasteiger partial charge in [-0.2, -0.15) is 0 Å². The van der Waals surface area contributed by atoms with Gasteiger partial charge in [0.05, 0.1) is 5.66 Å². The highest BCUT2D eigenvalue weighted by Gasteiger charge is 2.49. The van der Waals surface area contributed by atoms with Crippen LogP contribution in [-0.2, 0) is 0 Å². The van der Waals surface area contributed by atoms with Gasteiger partial charge in [-0.05, 0) is 20.1 Å². The minimum absolute atomic E-state index is 0.387. The number of nitrogens with two attached hydrogens (primary N) is 2. The highest BCUT2D eigenvalue weighted by atomic mass is 35.5. The Morgan fingerprint density at radius 2 is 1.87 bits per heavy atom. The van der Waals surface area contributed by atoms with E-state index in [0.717, 1.165) is 0 Å². The van der Waals surface area contributed by atoms with Crippen LogP contribution in [0.3, 0.4) is 0 Å². The molecule has 1 saturated heterocycles. The van der Waals surface area contributed by atoms with E-state index in [1.54, 1.807) is 11.8 Å². The highest BCUT2D eigenvalue weighted by Crippen LogP contribution is 2.34. The molecular formula is C7H19ClN6S. The third-order valence-corrected chi connectivity index (χ3v) is 3.73. The fraction of sp³-hybridized carbons (Fsp3) is 1.00. The van der Waals surface area contributed by atoms with Gasteiger partial charge in [0, 0.05) is 6.42 Å². The zero-order valence-electron chi connectivity index (χ0n) is 9.15. The van der Waals surface area contributed by atoms with Crippen LogP contribution in [0.4, 0.5) is 0 Å². The summed E-state index contributed by atoms with van der Waals surface area (Å²) < 4.78 is 0. The summed E-state index contributed by atoms with van der Waals surface area (Å²) in [6, 6.07) is 0. The second-order valence-electron chi connectivity index (χ2n) is 4.17. The molecule has 1 aliphatic rings. The topological polar surface area (TPSA) is 100 Å². The summed E-state index contributed by atoms with van der Waals surface area (Å²) in [6.45, 7) is 3.92. The Morgan fingerprint density at radius 1 is 1.27 bits per heavy atom. The molecule has 8 N–H and O–H groups in total. The van der Waals surface area contributed by atoms with Gasteiger partial charge in [-0.1, -0.05) is 11.6 Å². The predicted octanol–water partition coefficient (Wildman–Crippen LogP) is -0.859. The van der Waals surface area contributed by atoms with Crippen LogP contribution >= 0.6 is 23.4 Å². The lowest BCUT2D eigenvalue weighted by molar-refractivity contribution is 0.0965. The third kappa shape index (κ3) is 2.95. The Hall–Kier alpha value is 0.400. The lowest BCUT2D eigenvalue weighted by Crippen LogP contribution is -2.80. The summed E-state index contributed by atoms with van der Waals surface area (Å²) in [5, 5.41) is 5.60. The normalized spacial score (nSPS) is 40.4. The van der Waals surface area contributed by atoms with E-state index in [-0.39, 0.29) is 5.66 Å². The molecule has 2 atom stereocenters. The first-order valence-electron chi connectivity index (χ1n) is 4.59. The first kappa shape index (κ1) is 13.5. The van der Waals surface area contributed by atoms with Crippen molar-refractivity contribution in [2.75, 3.05) is 6.26 Å². The van der Waals surface area contributed by atoms with Crippen molar-refractivity contribution in [3.05, 3.63) is 0 Å². The van der Waals surface area contributed by atoms with Crippen LogP contribution in [0.2, 0.25) is 0 Å². The van der Waals surface area contributed by atoms with Gasteiger partial charge in [0.2, 0.25) is 0 Å². The van der Waals surface area contributed by atoms with Gasteiger partial charge in [-0.25, -0.2) is 10.9 Å². The zero-order chi connectivity index (χ0) is 11.7. The Labute approximate surface area is 99.2 Å². The molecule has 0 bridgehead atoms. The van der Waals surface area contributed by atoms with Gasteiger partial charge < -0.3 is 0 Å². The van der Waals surface area contributed by atoms with Crippen molar-refractivity contribution >= 4 is 23.4 Å². The fourth-order valence-corrected chi connectivity index (χ4v) is 3.17. The van der Waals surface area contributed by atoms with E-state index in [4.69, 9.17) is 23.3 Å². The Balaban J connectivity index is 2.94. The third-order valence-electron chi connectivity index (χ3n) is 2.33. The zero-order valence-corrected chi connectivity index (χ0v) is 10.7. The molecule has 90 valence electrons. The van der Waals surface area contributed by atoms with Crippen molar-refractivity contribution in [1.29, 1.82) is 0 Å². The number of hydrogen-bond donors (Lipinski definition) is 6. The summed E-state index contributed by atoms with van der Waals surface area (Å²) in [4.78, 5) is -0.511. The predicted molar refractivity (Wildman–Crippen MR) is 64.4 cm³/mol. The average Bonchev–Trinajstić information content (AvgIpc) is 2.15. The van der Waals surface area contributed by atoms with E-state index in [9.17, 15) is 0 Å². The molecule has 1 heterocycles. The number of halogens is 1. The second-order valence-corrected chi connectivity index (χ2v) is 5.92.